The fraction of sp³-hybridized carbons (Fsp3) is 0.667. The van der Waals surface area contributed by atoms with E-state index in [4.69, 9.17) is 5.73 Å². The molecule has 3 unspecified atom stereocenters. The van der Waals surface area contributed by atoms with Crippen LogP contribution in [0.25, 0.3) is 0 Å². The molecule has 0 saturated heterocycles. The lowest BCUT2D eigenvalue weighted by Crippen LogP contribution is -2.38. The summed E-state index contributed by atoms with van der Waals surface area (Å²) in [5, 5.41) is 6.73. The maximum Gasteiger partial charge on any atom is 0.265 e. The second-order valence-corrected chi connectivity index (χ2v) is 6.24. The molecule has 5 nitrogen and oxygen atoms in total. The summed E-state index contributed by atoms with van der Waals surface area (Å²) in [7, 11) is 1.77. The first-order valence-corrected chi connectivity index (χ1v) is 7.24. The van der Waals surface area contributed by atoms with Crippen LogP contribution in [0.2, 0.25) is 0 Å². The lowest BCUT2D eigenvalue weighted by Gasteiger charge is -2.22. The highest BCUT2D eigenvalue weighted by Crippen LogP contribution is 2.44. The molecule has 2 aliphatic carbocycles. The van der Waals surface area contributed by atoms with Gasteiger partial charge in [0.15, 0.2) is 5.13 Å². The number of rotatable bonds is 3. The lowest BCUT2D eigenvalue weighted by molar-refractivity contribution is 0.0928. The lowest BCUT2D eigenvalue weighted by atomic mass is 9.95. The maximum atomic E-state index is 12.2. The SMILES string of the molecule is CNc1nc(N)c(C(=O)NC2CC3CCC2C3)s1. The summed E-state index contributed by atoms with van der Waals surface area (Å²) in [5.74, 6) is 1.76. The molecule has 6 heteroatoms. The molecular weight excluding hydrogens is 248 g/mol. The van der Waals surface area contributed by atoms with Gasteiger partial charge >= 0.3 is 0 Å². The van der Waals surface area contributed by atoms with Crippen molar-refractivity contribution in [2.24, 2.45) is 11.8 Å². The van der Waals surface area contributed by atoms with Gasteiger partial charge in [-0.3, -0.25) is 4.79 Å². The summed E-state index contributed by atoms with van der Waals surface area (Å²) in [6, 6.07) is 0.343. The number of anilines is 2. The van der Waals surface area contributed by atoms with Gasteiger partial charge in [0.1, 0.15) is 10.7 Å². The summed E-state index contributed by atoms with van der Waals surface area (Å²) in [5.41, 5.74) is 5.77. The number of nitrogens with two attached hydrogens (primary N) is 1. The fourth-order valence-corrected chi connectivity index (χ4v) is 4.00. The van der Waals surface area contributed by atoms with Crippen LogP contribution >= 0.6 is 11.3 Å². The molecule has 2 bridgehead atoms. The third-order valence-electron chi connectivity index (χ3n) is 4.13. The molecule has 1 aromatic rings. The summed E-state index contributed by atoms with van der Waals surface area (Å²) in [4.78, 5) is 16.8. The van der Waals surface area contributed by atoms with Crippen LogP contribution in [-0.4, -0.2) is 24.0 Å². The molecule has 0 aromatic carbocycles. The third kappa shape index (κ3) is 1.94. The Hall–Kier alpha value is -1.30. The van der Waals surface area contributed by atoms with Crippen molar-refractivity contribution in [3.05, 3.63) is 4.88 Å². The zero-order chi connectivity index (χ0) is 12.7. The Morgan fingerprint density at radius 3 is 2.83 bits per heavy atom. The van der Waals surface area contributed by atoms with Crippen LogP contribution in [0.15, 0.2) is 0 Å². The number of nitrogens with zero attached hydrogens (tertiary/aromatic N) is 1. The number of fused-ring (bicyclic) bond motifs is 2. The highest BCUT2D eigenvalue weighted by atomic mass is 32.1. The smallest absolute Gasteiger partial charge is 0.265 e. The summed E-state index contributed by atoms with van der Waals surface area (Å²) < 4.78 is 0. The third-order valence-corrected chi connectivity index (χ3v) is 5.22. The van der Waals surface area contributed by atoms with Gasteiger partial charge in [-0.2, -0.15) is 0 Å². The maximum absolute atomic E-state index is 12.2. The van der Waals surface area contributed by atoms with Crippen molar-refractivity contribution in [3.8, 4) is 0 Å². The van der Waals surface area contributed by atoms with Gasteiger partial charge in [0, 0.05) is 13.1 Å². The number of thiazole rings is 1. The number of aromatic nitrogens is 1. The zero-order valence-electron chi connectivity index (χ0n) is 10.4. The highest BCUT2D eigenvalue weighted by molar-refractivity contribution is 7.18. The minimum absolute atomic E-state index is 0.0657. The normalized spacial score (nSPS) is 29.5. The minimum atomic E-state index is -0.0657. The number of amides is 1. The molecule has 3 atom stereocenters. The van der Waals surface area contributed by atoms with E-state index in [2.05, 4.69) is 15.6 Å². The first-order valence-electron chi connectivity index (χ1n) is 6.42. The van der Waals surface area contributed by atoms with Gasteiger partial charge in [0.2, 0.25) is 0 Å². The Kier molecular flexibility index (Phi) is 2.89. The molecule has 1 heterocycles. The van der Waals surface area contributed by atoms with Gasteiger partial charge in [-0.05, 0) is 31.1 Å². The molecule has 3 rings (SSSR count). The van der Waals surface area contributed by atoms with Crippen LogP contribution < -0.4 is 16.4 Å². The van der Waals surface area contributed by atoms with Gasteiger partial charge in [-0.15, -0.1) is 0 Å². The van der Waals surface area contributed by atoms with Crippen molar-refractivity contribution in [2.75, 3.05) is 18.1 Å². The monoisotopic (exact) mass is 266 g/mol. The van der Waals surface area contributed by atoms with E-state index < -0.39 is 0 Å². The van der Waals surface area contributed by atoms with Crippen molar-refractivity contribution in [1.82, 2.24) is 10.3 Å². The van der Waals surface area contributed by atoms with E-state index >= 15 is 0 Å². The Labute approximate surface area is 110 Å². The van der Waals surface area contributed by atoms with E-state index in [1.54, 1.807) is 7.05 Å². The van der Waals surface area contributed by atoms with Crippen molar-refractivity contribution >= 4 is 28.2 Å². The van der Waals surface area contributed by atoms with Crippen molar-refractivity contribution in [3.63, 3.8) is 0 Å². The molecule has 18 heavy (non-hydrogen) atoms. The molecule has 2 aliphatic rings. The Morgan fingerprint density at radius 2 is 2.28 bits per heavy atom. The number of nitrogens with one attached hydrogen (secondary N) is 2. The predicted molar refractivity (Wildman–Crippen MR) is 72.8 cm³/mol. The van der Waals surface area contributed by atoms with E-state index in [-0.39, 0.29) is 5.91 Å². The second kappa shape index (κ2) is 4.42. The molecule has 98 valence electrons. The van der Waals surface area contributed by atoms with Crippen molar-refractivity contribution in [2.45, 2.75) is 31.7 Å². The van der Waals surface area contributed by atoms with Gasteiger partial charge in [0.05, 0.1) is 0 Å². The average molecular weight is 266 g/mol. The summed E-state index contributed by atoms with van der Waals surface area (Å²) in [6.07, 6.45) is 5.01. The highest BCUT2D eigenvalue weighted by Gasteiger charge is 2.40. The van der Waals surface area contributed by atoms with E-state index in [1.807, 2.05) is 0 Å². The van der Waals surface area contributed by atoms with Crippen LogP contribution in [-0.2, 0) is 0 Å². The minimum Gasteiger partial charge on any atom is -0.382 e. The van der Waals surface area contributed by atoms with Crippen LogP contribution in [0.1, 0.15) is 35.4 Å². The molecule has 0 aliphatic heterocycles. The van der Waals surface area contributed by atoms with E-state index in [0.29, 0.717) is 27.8 Å². The topological polar surface area (TPSA) is 80.0 Å². The van der Waals surface area contributed by atoms with Gasteiger partial charge in [-0.25, -0.2) is 4.98 Å². The molecule has 1 amide bonds. The number of hydrogen-bond donors (Lipinski definition) is 3. The van der Waals surface area contributed by atoms with Gasteiger partial charge in [-0.1, -0.05) is 17.8 Å². The van der Waals surface area contributed by atoms with Crippen LogP contribution in [0.4, 0.5) is 10.9 Å². The summed E-state index contributed by atoms with van der Waals surface area (Å²) in [6.45, 7) is 0. The van der Waals surface area contributed by atoms with E-state index in [9.17, 15) is 4.79 Å². The zero-order valence-corrected chi connectivity index (χ0v) is 11.2. The largest absolute Gasteiger partial charge is 0.382 e. The van der Waals surface area contributed by atoms with E-state index in [0.717, 1.165) is 12.3 Å². The fourth-order valence-electron chi connectivity index (χ4n) is 3.26. The molecular formula is C12H18N4OS. The quantitative estimate of drug-likeness (QED) is 0.777. The summed E-state index contributed by atoms with van der Waals surface area (Å²) >= 11 is 1.31. The predicted octanol–water partition coefficient (Wildman–Crippen LogP) is 1.69. The van der Waals surface area contributed by atoms with Gasteiger partial charge < -0.3 is 16.4 Å². The molecule has 0 radical (unpaired) electrons. The number of hydrogen-bond acceptors (Lipinski definition) is 5. The molecule has 0 spiro atoms. The van der Waals surface area contributed by atoms with Crippen LogP contribution in [0, 0.1) is 11.8 Å². The van der Waals surface area contributed by atoms with Crippen molar-refractivity contribution in [1.29, 1.82) is 0 Å². The Balaban J connectivity index is 1.69. The second-order valence-electron chi connectivity index (χ2n) is 5.24. The number of nitrogen functional groups attached to an aromatic ring is 1. The Bertz CT molecular complexity index is 473. The van der Waals surface area contributed by atoms with Gasteiger partial charge in [0.25, 0.3) is 5.91 Å². The van der Waals surface area contributed by atoms with E-state index in [1.165, 1.54) is 30.6 Å². The Morgan fingerprint density at radius 1 is 1.44 bits per heavy atom. The average Bonchev–Trinajstić information content (AvgIpc) is 3.03. The molecule has 2 saturated carbocycles. The van der Waals surface area contributed by atoms with Crippen LogP contribution in [0.3, 0.4) is 0 Å². The van der Waals surface area contributed by atoms with Crippen LogP contribution in [0.5, 0.6) is 0 Å². The first-order chi connectivity index (χ1) is 8.67. The standard InChI is InChI=1S/C12H18N4OS/c1-14-12-16-10(13)9(18-12)11(17)15-8-5-6-2-3-7(8)4-6/h6-8H,2-5,13H2,1H3,(H,14,16)(H,15,17). The van der Waals surface area contributed by atoms with Crippen molar-refractivity contribution < 1.29 is 4.79 Å². The molecule has 4 N–H and O–H groups in total. The first kappa shape index (κ1) is 11.8. The molecule has 1 aromatic heterocycles. The molecule has 2 fully saturated rings. The number of carbonyl (C=O) groups is 1. The number of carbonyl (C=O) groups excluding carboxylic acids is 1.